The van der Waals surface area contributed by atoms with E-state index in [2.05, 4.69) is 176 Å². The fourth-order valence-electron chi connectivity index (χ4n) is 7.63. The van der Waals surface area contributed by atoms with E-state index in [1.165, 1.54) is 69.5 Å². The number of fused-ring (bicyclic) bond motifs is 5. The number of anilines is 2. The van der Waals surface area contributed by atoms with Crippen LogP contribution in [0.5, 0.6) is 0 Å². The van der Waals surface area contributed by atoms with Gasteiger partial charge in [0.2, 0.25) is 0 Å². The molecule has 0 radical (unpaired) electrons. The van der Waals surface area contributed by atoms with E-state index in [1.54, 1.807) is 0 Å². The predicted octanol–water partition coefficient (Wildman–Crippen LogP) is 13.2. The van der Waals surface area contributed by atoms with Gasteiger partial charge in [0.05, 0.1) is 0 Å². The lowest BCUT2D eigenvalue weighted by Crippen LogP contribution is -2.20. The van der Waals surface area contributed by atoms with Crippen LogP contribution in [0.1, 0.15) is 18.9 Å². The van der Waals surface area contributed by atoms with Gasteiger partial charge in [-0.05, 0) is 68.9 Å². The van der Waals surface area contributed by atoms with Gasteiger partial charge in [0.25, 0.3) is 0 Å². The molecule has 0 aliphatic heterocycles. The summed E-state index contributed by atoms with van der Waals surface area (Å²) < 4.78 is 2.65. The van der Waals surface area contributed by atoms with Crippen molar-refractivity contribution in [3.8, 4) is 22.3 Å². The molecule has 0 saturated heterocycles. The van der Waals surface area contributed by atoms with Crippen molar-refractivity contribution in [1.82, 2.24) is 0 Å². The maximum atomic E-state index is 3.77. The van der Waals surface area contributed by atoms with Crippen molar-refractivity contribution in [1.29, 1.82) is 0 Å². The normalized spacial score (nSPS) is 16.0. The Morgan fingerprint density at radius 2 is 1.17 bits per heavy atom. The first-order chi connectivity index (χ1) is 23.2. The van der Waals surface area contributed by atoms with E-state index in [0.29, 0.717) is 0 Å². The number of rotatable bonds is 5. The fraction of sp³-hybridized carbons (Fsp3) is 0.0667. The Bertz CT molecular complexity index is 2470. The minimum atomic E-state index is -0.0617. The molecular weight excluding hydrogens is 587 g/mol. The van der Waals surface area contributed by atoms with Gasteiger partial charge < -0.3 is 5.32 Å². The highest BCUT2D eigenvalue weighted by molar-refractivity contribution is 7.26. The molecule has 1 aromatic heterocycles. The monoisotopic (exact) mass is 619 g/mol. The van der Waals surface area contributed by atoms with Crippen molar-refractivity contribution >= 4 is 64.4 Å². The third kappa shape index (κ3) is 4.60. The molecule has 0 bridgehead atoms. The maximum Gasteiger partial charge on any atom is 0.0464 e. The topological polar surface area (TPSA) is 12.0 Å². The summed E-state index contributed by atoms with van der Waals surface area (Å²) in [4.78, 5) is 0. The number of allylic oxidation sites excluding steroid dienone is 4. The van der Waals surface area contributed by atoms with E-state index in [9.17, 15) is 0 Å². The van der Waals surface area contributed by atoms with E-state index >= 15 is 0 Å². The second-order valence-electron chi connectivity index (χ2n) is 12.8. The van der Waals surface area contributed by atoms with Gasteiger partial charge in [-0.3, -0.25) is 0 Å². The molecule has 1 aliphatic carbocycles. The van der Waals surface area contributed by atoms with Crippen molar-refractivity contribution in [2.75, 3.05) is 5.32 Å². The maximum absolute atomic E-state index is 3.77. The minimum absolute atomic E-state index is 0.0617. The number of hydrogen-bond donors (Lipinski definition) is 1. The standard InChI is InChI=1S/C45H33NS/c1-45(28-11-2-12-29-45)43-36-18-5-3-16-34(36)42(35-17-4-6-19-37(35)43)30-24-26-31(27-25-30)46-40-22-9-7-14-32(40)38-20-13-21-39-33-15-8-10-23-41(33)47-44(38)39/h2-28,46H,29H2,1H3. The number of thiophene rings is 1. The van der Waals surface area contributed by atoms with E-state index in [-0.39, 0.29) is 5.41 Å². The van der Waals surface area contributed by atoms with Crippen LogP contribution in [0.3, 0.4) is 0 Å². The van der Waals surface area contributed by atoms with Crippen LogP contribution in [0, 0.1) is 0 Å². The molecule has 224 valence electrons. The largest absolute Gasteiger partial charge is 0.355 e. The Hall–Kier alpha value is -5.44. The molecule has 47 heavy (non-hydrogen) atoms. The first kappa shape index (κ1) is 27.8. The van der Waals surface area contributed by atoms with Crippen LogP contribution in [0.4, 0.5) is 11.4 Å². The average molecular weight is 620 g/mol. The molecule has 8 aromatic rings. The molecule has 0 amide bonds. The number of hydrogen-bond acceptors (Lipinski definition) is 2. The van der Waals surface area contributed by atoms with Gasteiger partial charge in [-0.25, -0.2) is 0 Å². The molecule has 1 aliphatic rings. The molecule has 2 heteroatoms. The number of para-hydroxylation sites is 1. The summed E-state index contributed by atoms with van der Waals surface area (Å²) in [5.41, 5.74) is 8.52. The van der Waals surface area contributed by atoms with Gasteiger partial charge in [-0.15, -0.1) is 11.3 Å². The zero-order valence-electron chi connectivity index (χ0n) is 26.2. The highest BCUT2D eigenvalue weighted by Gasteiger charge is 2.29. The van der Waals surface area contributed by atoms with Crippen LogP contribution in [0.15, 0.2) is 164 Å². The first-order valence-corrected chi connectivity index (χ1v) is 17.2. The van der Waals surface area contributed by atoms with E-state index in [1.807, 2.05) is 11.3 Å². The van der Waals surface area contributed by atoms with Gasteiger partial charge in [-0.2, -0.15) is 0 Å². The second kappa shape index (κ2) is 11.1. The lowest BCUT2D eigenvalue weighted by molar-refractivity contribution is 0.610. The van der Waals surface area contributed by atoms with Crippen LogP contribution in [-0.2, 0) is 5.41 Å². The second-order valence-corrected chi connectivity index (χ2v) is 13.8. The van der Waals surface area contributed by atoms with Gasteiger partial charge in [0.15, 0.2) is 0 Å². The third-order valence-corrected chi connectivity index (χ3v) is 11.0. The summed E-state index contributed by atoms with van der Waals surface area (Å²) in [6, 6.07) is 51.0. The summed E-state index contributed by atoms with van der Waals surface area (Å²) in [7, 11) is 0. The molecule has 1 unspecified atom stereocenters. The highest BCUT2D eigenvalue weighted by Crippen LogP contribution is 2.47. The molecule has 0 saturated carbocycles. The Morgan fingerprint density at radius 3 is 1.89 bits per heavy atom. The van der Waals surface area contributed by atoms with Crippen LogP contribution < -0.4 is 5.32 Å². The van der Waals surface area contributed by atoms with Gasteiger partial charge >= 0.3 is 0 Å². The van der Waals surface area contributed by atoms with Gasteiger partial charge in [-0.1, -0.05) is 146 Å². The van der Waals surface area contributed by atoms with E-state index in [4.69, 9.17) is 0 Å². The Morgan fingerprint density at radius 1 is 0.553 bits per heavy atom. The fourth-order valence-corrected chi connectivity index (χ4v) is 8.86. The summed E-state index contributed by atoms with van der Waals surface area (Å²) in [5.74, 6) is 0. The van der Waals surface area contributed by atoms with Crippen molar-refractivity contribution in [3.63, 3.8) is 0 Å². The minimum Gasteiger partial charge on any atom is -0.355 e. The first-order valence-electron chi connectivity index (χ1n) is 16.3. The average Bonchev–Trinajstić information content (AvgIpc) is 3.51. The van der Waals surface area contributed by atoms with Crippen molar-refractivity contribution in [2.45, 2.75) is 18.8 Å². The Kier molecular flexibility index (Phi) is 6.58. The van der Waals surface area contributed by atoms with E-state index < -0.39 is 0 Å². The zero-order chi connectivity index (χ0) is 31.4. The van der Waals surface area contributed by atoms with Crippen molar-refractivity contribution < 1.29 is 0 Å². The van der Waals surface area contributed by atoms with Crippen LogP contribution in [0.2, 0.25) is 0 Å². The molecule has 0 fully saturated rings. The smallest absolute Gasteiger partial charge is 0.0464 e. The summed E-state index contributed by atoms with van der Waals surface area (Å²) in [6.07, 6.45) is 10.0. The summed E-state index contributed by atoms with van der Waals surface area (Å²) in [6.45, 7) is 2.38. The van der Waals surface area contributed by atoms with Crippen molar-refractivity contribution in [3.05, 3.63) is 169 Å². The molecule has 9 rings (SSSR count). The quantitative estimate of drug-likeness (QED) is 0.189. The van der Waals surface area contributed by atoms with Crippen LogP contribution in [-0.4, -0.2) is 0 Å². The van der Waals surface area contributed by atoms with Crippen LogP contribution in [0.25, 0.3) is 64.0 Å². The molecule has 0 spiro atoms. The molecule has 1 heterocycles. The molecule has 7 aromatic carbocycles. The summed E-state index contributed by atoms with van der Waals surface area (Å²) in [5, 5.41) is 11.7. The molecule has 1 nitrogen and oxygen atoms in total. The Labute approximate surface area is 279 Å². The van der Waals surface area contributed by atoms with Gasteiger partial charge in [0.1, 0.15) is 0 Å². The number of nitrogens with one attached hydrogen (secondary N) is 1. The lowest BCUT2D eigenvalue weighted by atomic mass is 9.72. The molecule has 1 atom stereocenters. The number of benzene rings is 7. The summed E-state index contributed by atoms with van der Waals surface area (Å²) >= 11 is 1.87. The highest BCUT2D eigenvalue weighted by atomic mass is 32.1. The predicted molar refractivity (Wildman–Crippen MR) is 205 cm³/mol. The third-order valence-electron chi connectivity index (χ3n) is 9.83. The lowest BCUT2D eigenvalue weighted by Gasteiger charge is -2.31. The molecule has 1 N–H and O–H groups in total. The molecular formula is C45H33NS. The van der Waals surface area contributed by atoms with Crippen molar-refractivity contribution in [2.24, 2.45) is 0 Å². The van der Waals surface area contributed by atoms with Gasteiger partial charge in [0, 0.05) is 48.1 Å². The van der Waals surface area contributed by atoms with E-state index in [0.717, 1.165) is 17.8 Å². The Balaban J connectivity index is 1.13. The SMILES string of the molecule is CC1(c2c3ccccc3c(-c3ccc(Nc4ccccc4-c4cccc5c4sc4ccccc45)cc3)c3ccccc23)C=CC=CC1. The van der Waals surface area contributed by atoms with Crippen LogP contribution >= 0.6 is 11.3 Å². The zero-order valence-corrected chi connectivity index (χ0v) is 27.0.